The van der Waals surface area contributed by atoms with Gasteiger partial charge < -0.3 is 20.1 Å². The molecule has 7 nitrogen and oxygen atoms in total. The fourth-order valence-corrected chi connectivity index (χ4v) is 5.19. The van der Waals surface area contributed by atoms with E-state index in [4.69, 9.17) is 0 Å². The third kappa shape index (κ3) is 4.86. The zero-order valence-corrected chi connectivity index (χ0v) is 19.7. The molecule has 2 aromatic carbocycles. The Labute approximate surface area is 200 Å². The summed E-state index contributed by atoms with van der Waals surface area (Å²) in [5.41, 5.74) is 2.25. The molecular formula is C27H33N5O2. The number of benzene rings is 2. The van der Waals surface area contributed by atoms with Crippen molar-refractivity contribution >= 4 is 22.7 Å². The summed E-state index contributed by atoms with van der Waals surface area (Å²) in [5, 5.41) is 4.07. The number of hydrogen-bond acceptors (Lipinski definition) is 4. The molecule has 2 N–H and O–H groups in total. The van der Waals surface area contributed by atoms with Crippen LogP contribution in [0.4, 0.5) is 0 Å². The van der Waals surface area contributed by atoms with Crippen LogP contribution in [-0.4, -0.2) is 83.9 Å². The molecular weight excluding hydrogens is 426 g/mol. The standard InChI is InChI=1S/C27H33N5O2/c1-30-13-10-23(11-14-30)31-15-17-32(18-16-31)27(34)25(21-5-3-2-4-6-21)29-26(33)22-8-7-20-9-12-28-24(20)19-22/h2-9,12,19,23,25,28H,10-11,13-18H2,1H3,(H,29,33)/t25-/m0/s1. The molecule has 5 rings (SSSR count). The molecule has 0 spiro atoms. The first-order chi connectivity index (χ1) is 16.6. The number of aromatic nitrogens is 1. The lowest BCUT2D eigenvalue weighted by Crippen LogP contribution is -2.55. The molecule has 0 saturated carbocycles. The van der Waals surface area contributed by atoms with Gasteiger partial charge in [-0.1, -0.05) is 36.4 Å². The quantitative estimate of drug-likeness (QED) is 0.616. The number of aromatic amines is 1. The second-order valence-corrected chi connectivity index (χ2v) is 9.49. The highest BCUT2D eigenvalue weighted by atomic mass is 16.2. The second-order valence-electron chi connectivity index (χ2n) is 9.49. The molecule has 0 bridgehead atoms. The van der Waals surface area contributed by atoms with E-state index < -0.39 is 6.04 Å². The van der Waals surface area contributed by atoms with Crippen molar-refractivity contribution in [1.82, 2.24) is 25.0 Å². The Hall–Kier alpha value is -3.16. The van der Waals surface area contributed by atoms with Crippen LogP contribution in [-0.2, 0) is 4.79 Å². The number of hydrogen-bond donors (Lipinski definition) is 2. The van der Waals surface area contributed by atoms with Gasteiger partial charge >= 0.3 is 0 Å². The molecule has 34 heavy (non-hydrogen) atoms. The van der Waals surface area contributed by atoms with Crippen LogP contribution in [0.15, 0.2) is 60.8 Å². The first-order valence-corrected chi connectivity index (χ1v) is 12.2. The molecule has 1 atom stereocenters. The maximum atomic E-state index is 13.6. The van der Waals surface area contributed by atoms with Crippen LogP contribution in [0.1, 0.15) is 34.8 Å². The van der Waals surface area contributed by atoms with Gasteiger partial charge in [-0.15, -0.1) is 0 Å². The van der Waals surface area contributed by atoms with E-state index in [1.807, 2.05) is 59.6 Å². The van der Waals surface area contributed by atoms with E-state index in [9.17, 15) is 9.59 Å². The van der Waals surface area contributed by atoms with Crippen molar-refractivity contribution in [2.75, 3.05) is 46.3 Å². The van der Waals surface area contributed by atoms with E-state index in [0.717, 1.165) is 42.6 Å². The molecule has 3 aromatic rings. The average Bonchev–Trinajstić information content (AvgIpc) is 3.36. The van der Waals surface area contributed by atoms with Crippen LogP contribution in [0.3, 0.4) is 0 Å². The molecule has 1 aromatic heterocycles. The zero-order valence-electron chi connectivity index (χ0n) is 19.7. The highest BCUT2D eigenvalue weighted by molar-refractivity contribution is 6.00. The first-order valence-electron chi connectivity index (χ1n) is 12.2. The Balaban J connectivity index is 1.28. The predicted octanol–water partition coefficient (Wildman–Crippen LogP) is 2.88. The summed E-state index contributed by atoms with van der Waals surface area (Å²) in [4.78, 5) is 36.8. The number of likely N-dealkylation sites (tertiary alicyclic amines) is 1. The van der Waals surface area contributed by atoms with Gasteiger partial charge in [0.1, 0.15) is 6.04 Å². The molecule has 3 heterocycles. The Morgan fingerprint density at radius 3 is 2.41 bits per heavy atom. The van der Waals surface area contributed by atoms with Crippen LogP contribution in [0, 0.1) is 0 Å². The maximum Gasteiger partial charge on any atom is 0.252 e. The number of carbonyl (C=O) groups excluding carboxylic acids is 2. The number of nitrogens with zero attached hydrogens (tertiary/aromatic N) is 3. The van der Waals surface area contributed by atoms with Crippen LogP contribution in [0.2, 0.25) is 0 Å². The minimum Gasteiger partial charge on any atom is -0.361 e. The van der Waals surface area contributed by atoms with Crippen LogP contribution >= 0.6 is 0 Å². The van der Waals surface area contributed by atoms with Crippen molar-refractivity contribution in [1.29, 1.82) is 0 Å². The van der Waals surface area contributed by atoms with Gasteiger partial charge in [0.2, 0.25) is 5.91 Å². The number of piperidine rings is 1. The van der Waals surface area contributed by atoms with Gasteiger partial charge in [-0.3, -0.25) is 14.5 Å². The SMILES string of the molecule is CN1CCC(N2CCN(C(=O)[C@@H](NC(=O)c3ccc4cc[nH]c4c3)c3ccccc3)CC2)CC1. The normalized spacial score (nSPS) is 19.3. The predicted molar refractivity (Wildman–Crippen MR) is 134 cm³/mol. The molecule has 0 radical (unpaired) electrons. The van der Waals surface area contributed by atoms with Gasteiger partial charge in [0.15, 0.2) is 0 Å². The summed E-state index contributed by atoms with van der Waals surface area (Å²) >= 11 is 0. The van der Waals surface area contributed by atoms with Crippen LogP contribution in [0.25, 0.3) is 10.9 Å². The number of fused-ring (bicyclic) bond motifs is 1. The monoisotopic (exact) mass is 459 g/mol. The molecule has 178 valence electrons. The summed E-state index contributed by atoms with van der Waals surface area (Å²) in [6.45, 7) is 5.44. The Kier molecular flexibility index (Phi) is 6.65. The lowest BCUT2D eigenvalue weighted by Gasteiger charge is -2.42. The highest BCUT2D eigenvalue weighted by Crippen LogP contribution is 2.22. The average molecular weight is 460 g/mol. The van der Waals surface area contributed by atoms with Crippen molar-refractivity contribution in [3.8, 4) is 0 Å². The number of nitrogens with one attached hydrogen (secondary N) is 2. The fraction of sp³-hybridized carbons (Fsp3) is 0.407. The zero-order chi connectivity index (χ0) is 23.5. The minimum atomic E-state index is -0.706. The summed E-state index contributed by atoms with van der Waals surface area (Å²) in [5.74, 6) is -0.285. The van der Waals surface area contributed by atoms with Crippen molar-refractivity contribution < 1.29 is 9.59 Å². The van der Waals surface area contributed by atoms with Crippen LogP contribution in [0.5, 0.6) is 0 Å². The van der Waals surface area contributed by atoms with E-state index in [0.29, 0.717) is 24.7 Å². The van der Waals surface area contributed by atoms with Gasteiger partial charge in [-0.25, -0.2) is 0 Å². The number of piperazine rings is 1. The van der Waals surface area contributed by atoms with E-state index in [1.54, 1.807) is 6.07 Å². The van der Waals surface area contributed by atoms with E-state index >= 15 is 0 Å². The first kappa shape index (κ1) is 22.6. The molecule has 7 heteroatoms. The van der Waals surface area contributed by atoms with Gasteiger partial charge in [-0.2, -0.15) is 0 Å². The summed E-state index contributed by atoms with van der Waals surface area (Å²) in [6.07, 6.45) is 4.24. The van der Waals surface area contributed by atoms with E-state index in [2.05, 4.69) is 27.1 Å². The van der Waals surface area contributed by atoms with E-state index in [-0.39, 0.29) is 11.8 Å². The van der Waals surface area contributed by atoms with E-state index in [1.165, 1.54) is 12.8 Å². The molecule has 2 amide bonds. The smallest absolute Gasteiger partial charge is 0.252 e. The summed E-state index contributed by atoms with van der Waals surface area (Å²) in [6, 6.07) is 17.0. The molecule has 0 aliphatic carbocycles. The lowest BCUT2D eigenvalue weighted by molar-refractivity contribution is -0.135. The lowest BCUT2D eigenvalue weighted by atomic mass is 10.0. The molecule has 2 aliphatic rings. The number of H-pyrrole nitrogens is 1. The maximum absolute atomic E-state index is 13.6. The summed E-state index contributed by atoms with van der Waals surface area (Å²) in [7, 11) is 2.18. The number of carbonyl (C=O) groups is 2. The van der Waals surface area contributed by atoms with Crippen molar-refractivity contribution in [2.45, 2.75) is 24.9 Å². The molecule has 2 saturated heterocycles. The Morgan fingerprint density at radius 1 is 0.941 bits per heavy atom. The molecule has 2 aliphatic heterocycles. The second kappa shape index (κ2) is 9.99. The van der Waals surface area contributed by atoms with Gasteiger partial charge in [0.05, 0.1) is 0 Å². The van der Waals surface area contributed by atoms with Gasteiger partial charge in [0.25, 0.3) is 5.91 Å². The van der Waals surface area contributed by atoms with Crippen LogP contribution < -0.4 is 5.32 Å². The summed E-state index contributed by atoms with van der Waals surface area (Å²) < 4.78 is 0. The number of rotatable bonds is 5. The largest absolute Gasteiger partial charge is 0.361 e. The van der Waals surface area contributed by atoms with Crippen molar-refractivity contribution in [2.24, 2.45) is 0 Å². The van der Waals surface area contributed by atoms with Crippen molar-refractivity contribution in [3.05, 3.63) is 71.9 Å². The van der Waals surface area contributed by atoms with Crippen molar-refractivity contribution in [3.63, 3.8) is 0 Å². The third-order valence-electron chi connectivity index (χ3n) is 7.30. The fourth-order valence-electron chi connectivity index (χ4n) is 5.19. The Morgan fingerprint density at radius 2 is 1.68 bits per heavy atom. The van der Waals surface area contributed by atoms with Gasteiger partial charge in [-0.05, 0) is 62.1 Å². The Bertz CT molecular complexity index is 1130. The number of amides is 2. The third-order valence-corrected chi connectivity index (χ3v) is 7.30. The molecule has 0 unspecified atom stereocenters. The minimum absolute atomic E-state index is 0.0384. The van der Waals surface area contributed by atoms with Gasteiger partial charge in [0, 0.05) is 49.5 Å². The highest BCUT2D eigenvalue weighted by Gasteiger charge is 2.32. The topological polar surface area (TPSA) is 71.7 Å². The molecule has 2 fully saturated rings.